The molecule has 1 aromatic carbocycles. The van der Waals surface area contributed by atoms with Crippen molar-refractivity contribution in [1.29, 1.82) is 0 Å². The molecule has 0 saturated carbocycles. The number of ether oxygens (including phenoxy) is 1. The van der Waals surface area contributed by atoms with Crippen LogP contribution in [0.4, 0.5) is 19.3 Å². The number of rotatable bonds is 4. The van der Waals surface area contributed by atoms with Crippen LogP contribution in [-0.2, 0) is 0 Å². The first-order chi connectivity index (χ1) is 11.2. The number of aliphatic hydroxyl groups is 1. The Morgan fingerprint density at radius 3 is 2.42 bits per heavy atom. The molecule has 0 aliphatic heterocycles. The molecule has 132 valence electrons. The first-order valence-electron chi connectivity index (χ1n) is 7.72. The number of carbonyl (C=O) groups is 1. The highest BCUT2D eigenvalue weighted by Crippen LogP contribution is 2.29. The summed E-state index contributed by atoms with van der Waals surface area (Å²) in [6.07, 6.45) is 4.19. The van der Waals surface area contributed by atoms with Gasteiger partial charge < -0.3 is 20.5 Å². The maximum absolute atomic E-state index is 14.0. The number of hydrogen-bond acceptors (Lipinski definition) is 3. The van der Waals surface area contributed by atoms with Crippen LogP contribution >= 0.6 is 0 Å². The molecular formula is C17H22F2N2O3. The fraction of sp³-hybridized carbons (Fsp3) is 0.471. The van der Waals surface area contributed by atoms with Gasteiger partial charge in [0.1, 0.15) is 5.60 Å². The molecule has 2 rings (SSSR count). The van der Waals surface area contributed by atoms with Gasteiger partial charge in [-0.25, -0.2) is 13.6 Å². The van der Waals surface area contributed by atoms with Gasteiger partial charge in [0, 0.05) is 36.4 Å². The van der Waals surface area contributed by atoms with Crippen LogP contribution in [0.25, 0.3) is 0 Å². The Morgan fingerprint density at radius 2 is 1.92 bits per heavy atom. The fourth-order valence-electron chi connectivity index (χ4n) is 2.39. The van der Waals surface area contributed by atoms with Crippen LogP contribution in [-0.4, -0.2) is 29.4 Å². The second-order valence-corrected chi connectivity index (χ2v) is 6.75. The third-order valence-electron chi connectivity index (χ3n) is 3.39. The summed E-state index contributed by atoms with van der Waals surface area (Å²) in [4.78, 5) is 11.9. The Balaban J connectivity index is 2.00. The molecule has 2 amide bonds. The topological polar surface area (TPSA) is 70.6 Å². The van der Waals surface area contributed by atoms with Crippen LogP contribution in [0.3, 0.4) is 0 Å². The standard InChI is InChI=1S/C17H22F2N2O3/c1-17(2,3)24-15-13(18)7-12(8-14(15)19)21-16(23)20-11-5-4-10(6-11)9-22/h4-5,7-8,10-11,22H,6,9H2,1-3H3,(H2,20,21,23)/t10-,11+/m0/s1. The molecule has 1 aliphatic rings. The van der Waals surface area contributed by atoms with Crippen LogP contribution in [0.15, 0.2) is 24.3 Å². The van der Waals surface area contributed by atoms with E-state index in [1.54, 1.807) is 26.8 Å². The van der Waals surface area contributed by atoms with Gasteiger partial charge in [0.05, 0.1) is 0 Å². The molecule has 0 bridgehead atoms. The molecule has 0 spiro atoms. The monoisotopic (exact) mass is 340 g/mol. The number of amides is 2. The lowest BCUT2D eigenvalue weighted by atomic mass is 10.1. The van der Waals surface area contributed by atoms with Crippen LogP contribution in [0, 0.1) is 17.6 Å². The smallest absolute Gasteiger partial charge is 0.319 e. The van der Waals surface area contributed by atoms with Gasteiger partial charge in [-0.05, 0) is 27.2 Å². The fourth-order valence-corrected chi connectivity index (χ4v) is 2.39. The molecule has 0 unspecified atom stereocenters. The van der Waals surface area contributed by atoms with Gasteiger partial charge >= 0.3 is 6.03 Å². The minimum absolute atomic E-state index is 0.00977. The third kappa shape index (κ3) is 4.92. The zero-order valence-electron chi connectivity index (χ0n) is 13.9. The lowest BCUT2D eigenvalue weighted by Gasteiger charge is -2.22. The van der Waals surface area contributed by atoms with Crippen molar-refractivity contribution in [3.8, 4) is 5.75 Å². The number of benzene rings is 1. The minimum atomic E-state index is -0.888. The Labute approximate surface area is 139 Å². The number of hydrogen-bond donors (Lipinski definition) is 3. The molecule has 0 heterocycles. The van der Waals surface area contributed by atoms with Gasteiger partial charge in [0.2, 0.25) is 0 Å². The highest BCUT2D eigenvalue weighted by Gasteiger charge is 2.22. The van der Waals surface area contributed by atoms with Crippen molar-refractivity contribution in [2.75, 3.05) is 11.9 Å². The van der Waals surface area contributed by atoms with Gasteiger partial charge in [-0.1, -0.05) is 12.2 Å². The van der Waals surface area contributed by atoms with Crippen molar-refractivity contribution in [2.45, 2.75) is 38.8 Å². The van der Waals surface area contributed by atoms with Gasteiger partial charge in [0.25, 0.3) is 0 Å². The largest absolute Gasteiger partial charge is 0.482 e. The summed E-state index contributed by atoms with van der Waals surface area (Å²) in [5, 5.41) is 14.1. The molecule has 3 N–H and O–H groups in total. The van der Waals surface area contributed by atoms with Gasteiger partial charge in [-0.2, -0.15) is 0 Å². The minimum Gasteiger partial charge on any atom is -0.482 e. The van der Waals surface area contributed by atoms with Crippen LogP contribution in [0.2, 0.25) is 0 Å². The van der Waals surface area contributed by atoms with E-state index in [1.807, 2.05) is 6.08 Å². The maximum Gasteiger partial charge on any atom is 0.319 e. The summed E-state index contributed by atoms with van der Waals surface area (Å²) in [6.45, 7) is 5.06. The third-order valence-corrected chi connectivity index (χ3v) is 3.39. The van der Waals surface area contributed by atoms with Gasteiger partial charge in [-0.15, -0.1) is 0 Å². The van der Waals surface area contributed by atoms with Crippen molar-refractivity contribution in [3.63, 3.8) is 0 Å². The van der Waals surface area contributed by atoms with Crippen molar-refractivity contribution in [1.82, 2.24) is 5.32 Å². The Morgan fingerprint density at radius 1 is 1.29 bits per heavy atom. The Kier molecular flexibility index (Phi) is 5.43. The number of nitrogens with one attached hydrogen (secondary N) is 2. The Bertz CT molecular complexity index is 618. The molecule has 0 fully saturated rings. The van der Waals surface area contributed by atoms with Crippen LogP contribution < -0.4 is 15.4 Å². The number of carbonyl (C=O) groups excluding carboxylic acids is 1. The molecule has 1 aromatic rings. The van der Waals surface area contributed by atoms with Crippen molar-refractivity contribution in [2.24, 2.45) is 5.92 Å². The summed E-state index contributed by atoms with van der Waals surface area (Å²) in [5.41, 5.74) is -0.754. The van der Waals surface area contributed by atoms with E-state index in [1.165, 1.54) is 0 Å². The lowest BCUT2D eigenvalue weighted by molar-refractivity contribution is 0.117. The number of aliphatic hydroxyl groups excluding tert-OH is 1. The lowest BCUT2D eigenvalue weighted by Crippen LogP contribution is -2.36. The summed E-state index contributed by atoms with van der Waals surface area (Å²) >= 11 is 0. The molecule has 24 heavy (non-hydrogen) atoms. The SMILES string of the molecule is CC(C)(C)Oc1c(F)cc(NC(=O)N[C@@H]2C=C[C@H](CO)C2)cc1F. The summed E-state index contributed by atoms with van der Waals surface area (Å²) < 4.78 is 33.3. The van der Waals surface area contributed by atoms with Crippen LogP contribution in [0.1, 0.15) is 27.2 Å². The average Bonchev–Trinajstić information content (AvgIpc) is 2.89. The van der Waals surface area contributed by atoms with E-state index in [0.717, 1.165) is 12.1 Å². The number of halogens is 2. The van der Waals surface area contributed by atoms with E-state index in [2.05, 4.69) is 10.6 Å². The summed E-state index contributed by atoms with van der Waals surface area (Å²) in [7, 11) is 0. The highest BCUT2D eigenvalue weighted by atomic mass is 19.1. The molecule has 0 saturated heterocycles. The predicted octanol–water partition coefficient (Wildman–Crippen LogP) is 3.20. The van der Waals surface area contributed by atoms with Crippen molar-refractivity contribution >= 4 is 11.7 Å². The summed E-state index contributed by atoms with van der Waals surface area (Å²) in [5.74, 6) is -2.24. The molecule has 0 radical (unpaired) electrons. The Hall–Kier alpha value is -2.15. The first-order valence-corrected chi connectivity index (χ1v) is 7.72. The van der Waals surface area contributed by atoms with E-state index in [9.17, 15) is 13.6 Å². The highest BCUT2D eigenvalue weighted by molar-refractivity contribution is 5.89. The second-order valence-electron chi connectivity index (χ2n) is 6.75. The predicted molar refractivity (Wildman–Crippen MR) is 87.0 cm³/mol. The summed E-state index contributed by atoms with van der Waals surface area (Å²) in [6, 6.07) is 1.21. The zero-order chi connectivity index (χ0) is 17.9. The number of anilines is 1. The molecule has 5 nitrogen and oxygen atoms in total. The van der Waals surface area contributed by atoms with E-state index in [0.29, 0.717) is 6.42 Å². The van der Waals surface area contributed by atoms with E-state index < -0.39 is 29.0 Å². The molecular weight excluding hydrogens is 318 g/mol. The van der Waals surface area contributed by atoms with E-state index in [-0.39, 0.29) is 24.3 Å². The molecule has 1 aliphatic carbocycles. The average molecular weight is 340 g/mol. The first kappa shape index (κ1) is 18.2. The van der Waals surface area contributed by atoms with Crippen molar-refractivity contribution in [3.05, 3.63) is 35.9 Å². The van der Waals surface area contributed by atoms with Gasteiger partial charge in [0.15, 0.2) is 17.4 Å². The maximum atomic E-state index is 14.0. The van der Waals surface area contributed by atoms with Crippen molar-refractivity contribution < 1.29 is 23.4 Å². The molecule has 0 aromatic heterocycles. The second kappa shape index (κ2) is 7.17. The van der Waals surface area contributed by atoms with E-state index in [4.69, 9.17) is 9.84 Å². The molecule has 7 heteroatoms. The zero-order valence-corrected chi connectivity index (χ0v) is 13.9. The quantitative estimate of drug-likeness (QED) is 0.737. The number of urea groups is 1. The van der Waals surface area contributed by atoms with Crippen LogP contribution in [0.5, 0.6) is 5.75 Å². The van der Waals surface area contributed by atoms with E-state index >= 15 is 0 Å². The van der Waals surface area contributed by atoms with Gasteiger partial charge in [-0.3, -0.25) is 0 Å². The normalized spacial score (nSPS) is 20.1. The molecule has 2 atom stereocenters.